The Kier molecular flexibility index (Phi) is 4.54. The molecule has 20 heavy (non-hydrogen) atoms. The van der Waals surface area contributed by atoms with Crippen molar-refractivity contribution in [1.29, 1.82) is 0 Å². The van der Waals surface area contributed by atoms with E-state index < -0.39 is 4.92 Å². The molecule has 6 heteroatoms. The molecular formula is C14H15BrN2O3. The molecule has 2 rings (SSSR count). The van der Waals surface area contributed by atoms with Crippen LogP contribution in [0.2, 0.25) is 0 Å². The number of hydrogen-bond donors (Lipinski definition) is 1. The zero-order valence-corrected chi connectivity index (χ0v) is 12.7. The number of pyridine rings is 1. The summed E-state index contributed by atoms with van der Waals surface area (Å²) in [5, 5.41) is 11.1. The van der Waals surface area contributed by atoms with Crippen LogP contribution in [0.3, 0.4) is 0 Å². The Balaban J connectivity index is 2.50. The molecular weight excluding hydrogens is 324 g/mol. The summed E-state index contributed by atoms with van der Waals surface area (Å²) in [7, 11) is 0. The molecule has 2 aromatic rings. The SMILES string of the molecule is CCCCCc1[nH]c2ccc([N+](=O)[O-])cc2c(=O)c1Br. The third kappa shape index (κ3) is 2.90. The summed E-state index contributed by atoms with van der Waals surface area (Å²) in [5.41, 5.74) is 1.21. The van der Waals surface area contributed by atoms with Crippen molar-refractivity contribution in [2.45, 2.75) is 32.6 Å². The van der Waals surface area contributed by atoms with Gasteiger partial charge in [-0.15, -0.1) is 0 Å². The van der Waals surface area contributed by atoms with Gasteiger partial charge in [-0.2, -0.15) is 0 Å². The lowest BCUT2D eigenvalue weighted by atomic mass is 10.1. The van der Waals surface area contributed by atoms with E-state index in [0.29, 0.717) is 15.4 Å². The van der Waals surface area contributed by atoms with Gasteiger partial charge < -0.3 is 4.98 Å². The van der Waals surface area contributed by atoms with Crippen molar-refractivity contribution in [3.05, 3.63) is 48.7 Å². The second-order valence-electron chi connectivity index (χ2n) is 4.69. The van der Waals surface area contributed by atoms with Crippen molar-refractivity contribution in [3.63, 3.8) is 0 Å². The minimum absolute atomic E-state index is 0.0753. The topological polar surface area (TPSA) is 76.0 Å². The average molecular weight is 339 g/mol. The minimum atomic E-state index is -0.498. The fraction of sp³-hybridized carbons (Fsp3) is 0.357. The Bertz CT molecular complexity index is 709. The number of H-pyrrole nitrogens is 1. The number of nitrogens with one attached hydrogen (secondary N) is 1. The lowest BCUT2D eigenvalue weighted by Crippen LogP contribution is -2.09. The predicted octanol–water partition coefficient (Wildman–Crippen LogP) is 3.93. The van der Waals surface area contributed by atoms with E-state index in [2.05, 4.69) is 27.8 Å². The molecule has 1 aromatic carbocycles. The maximum Gasteiger partial charge on any atom is 0.270 e. The van der Waals surface area contributed by atoms with Crippen LogP contribution in [0.25, 0.3) is 10.9 Å². The summed E-state index contributed by atoms with van der Waals surface area (Å²) < 4.78 is 0.474. The normalized spacial score (nSPS) is 10.9. The van der Waals surface area contributed by atoms with Crippen LogP contribution >= 0.6 is 15.9 Å². The van der Waals surface area contributed by atoms with Crippen LogP contribution < -0.4 is 5.43 Å². The zero-order chi connectivity index (χ0) is 14.7. The molecule has 0 bridgehead atoms. The number of hydrogen-bond acceptors (Lipinski definition) is 3. The molecule has 0 aliphatic heterocycles. The molecule has 0 spiro atoms. The number of fused-ring (bicyclic) bond motifs is 1. The molecule has 0 fully saturated rings. The largest absolute Gasteiger partial charge is 0.357 e. The summed E-state index contributed by atoms with van der Waals surface area (Å²) in [4.78, 5) is 25.7. The number of halogens is 1. The zero-order valence-electron chi connectivity index (χ0n) is 11.1. The Morgan fingerprint density at radius 2 is 2.10 bits per heavy atom. The van der Waals surface area contributed by atoms with Gasteiger partial charge >= 0.3 is 0 Å². The second-order valence-corrected chi connectivity index (χ2v) is 5.48. The van der Waals surface area contributed by atoms with Gasteiger partial charge in [0.15, 0.2) is 0 Å². The van der Waals surface area contributed by atoms with E-state index in [1.54, 1.807) is 6.07 Å². The molecule has 0 aliphatic carbocycles. The van der Waals surface area contributed by atoms with Crippen molar-refractivity contribution in [3.8, 4) is 0 Å². The molecule has 0 aliphatic rings. The summed E-state index contributed by atoms with van der Waals surface area (Å²) in [6.07, 6.45) is 4.01. The number of benzene rings is 1. The van der Waals surface area contributed by atoms with Crippen LogP contribution in [-0.4, -0.2) is 9.91 Å². The van der Waals surface area contributed by atoms with E-state index in [9.17, 15) is 14.9 Å². The van der Waals surface area contributed by atoms with E-state index in [1.165, 1.54) is 12.1 Å². The van der Waals surface area contributed by atoms with Crippen LogP contribution in [0.15, 0.2) is 27.5 Å². The van der Waals surface area contributed by atoms with Crippen LogP contribution in [0.4, 0.5) is 5.69 Å². The van der Waals surface area contributed by atoms with Gasteiger partial charge in [-0.25, -0.2) is 0 Å². The summed E-state index contributed by atoms with van der Waals surface area (Å²) in [5.74, 6) is 0. The molecule has 106 valence electrons. The Hall–Kier alpha value is -1.69. The Morgan fingerprint density at radius 1 is 1.35 bits per heavy atom. The lowest BCUT2D eigenvalue weighted by molar-refractivity contribution is -0.384. The number of aromatic nitrogens is 1. The van der Waals surface area contributed by atoms with Gasteiger partial charge in [0.05, 0.1) is 20.3 Å². The van der Waals surface area contributed by atoms with Crippen molar-refractivity contribution in [1.82, 2.24) is 4.98 Å². The van der Waals surface area contributed by atoms with Crippen molar-refractivity contribution in [2.24, 2.45) is 0 Å². The smallest absolute Gasteiger partial charge is 0.270 e. The third-order valence-corrected chi connectivity index (χ3v) is 4.08. The molecule has 0 atom stereocenters. The first kappa shape index (κ1) is 14.7. The number of nitrogens with zero attached hydrogens (tertiary/aromatic N) is 1. The minimum Gasteiger partial charge on any atom is -0.357 e. The van der Waals surface area contributed by atoms with Crippen LogP contribution in [0.1, 0.15) is 31.9 Å². The number of nitro groups is 1. The summed E-state index contributed by atoms with van der Waals surface area (Å²) >= 11 is 3.30. The number of aryl methyl sites for hydroxylation is 1. The molecule has 0 saturated heterocycles. The number of aromatic amines is 1. The fourth-order valence-electron chi connectivity index (χ4n) is 2.14. The first-order valence-electron chi connectivity index (χ1n) is 6.53. The van der Waals surface area contributed by atoms with Crippen molar-refractivity contribution < 1.29 is 4.92 Å². The van der Waals surface area contributed by atoms with E-state index in [1.807, 2.05) is 0 Å². The molecule has 5 nitrogen and oxygen atoms in total. The molecule has 0 saturated carbocycles. The Labute approximate surface area is 124 Å². The number of rotatable bonds is 5. The first-order valence-corrected chi connectivity index (χ1v) is 7.32. The van der Waals surface area contributed by atoms with Gasteiger partial charge in [0, 0.05) is 17.8 Å². The molecule has 0 unspecified atom stereocenters. The van der Waals surface area contributed by atoms with Crippen molar-refractivity contribution >= 4 is 32.5 Å². The van der Waals surface area contributed by atoms with Crippen LogP contribution in [0.5, 0.6) is 0 Å². The maximum atomic E-state index is 12.3. The van der Waals surface area contributed by atoms with Gasteiger partial charge in [0.1, 0.15) is 0 Å². The highest BCUT2D eigenvalue weighted by molar-refractivity contribution is 9.10. The van der Waals surface area contributed by atoms with Crippen LogP contribution in [0, 0.1) is 10.1 Å². The highest BCUT2D eigenvalue weighted by atomic mass is 79.9. The van der Waals surface area contributed by atoms with Crippen molar-refractivity contribution in [2.75, 3.05) is 0 Å². The van der Waals surface area contributed by atoms with E-state index in [0.717, 1.165) is 31.4 Å². The quantitative estimate of drug-likeness (QED) is 0.509. The van der Waals surface area contributed by atoms with Gasteiger partial charge in [-0.3, -0.25) is 14.9 Å². The number of nitro benzene ring substituents is 1. The average Bonchev–Trinajstić information content (AvgIpc) is 2.44. The second kappa shape index (κ2) is 6.17. The molecule has 0 amide bonds. The summed E-state index contributed by atoms with van der Waals surface area (Å²) in [6, 6.07) is 4.31. The highest BCUT2D eigenvalue weighted by Crippen LogP contribution is 2.21. The predicted molar refractivity (Wildman–Crippen MR) is 82.2 cm³/mol. The van der Waals surface area contributed by atoms with E-state index in [4.69, 9.17) is 0 Å². The lowest BCUT2D eigenvalue weighted by Gasteiger charge is -2.07. The van der Waals surface area contributed by atoms with E-state index in [-0.39, 0.29) is 11.1 Å². The Morgan fingerprint density at radius 3 is 2.75 bits per heavy atom. The monoisotopic (exact) mass is 338 g/mol. The number of unbranched alkanes of at least 4 members (excludes halogenated alkanes) is 2. The fourth-order valence-corrected chi connectivity index (χ4v) is 2.65. The van der Waals surface area contributed by atoms with Gasteiger partial charge in [-0.05, 0) is 34.8 Å². The third-order valence-electron chi connectivity index (χ3n) is 3.24. The van der Waals surface area contributed by atoms with Gasteiger partial charge in [0.2, 0.25) is 5.43 Å². The first-order chi connectivity index (χ1) is 9.54. The van der Waals surface area contributed by atoms with Crippen LogP contribution in [-0.2, 0) is 6.42 Å². The maximum absolute atomic E-state index is 12.3. The van der Waals surface area contributed by atoms with Gasteiger partial charge in [-0.1, -0.05) is 19.8 Å². The van der Waals surface area contributed by atoms with E-state index >= 15 is 0 Å². The molecule has 1 heterocycles. The highest BCUT2D eigenvalue weighted by Gasteiger charge is 2.13. The van der Waals surface area contributed by atoms with Gasteiger partial charge in [0.25, 0.3) is 5.69 Å². The summed E-state index contributed by atoms with van der Waals surface area (Å²) in [6.45, 7) is 2.12. The number of non-ortho nitro benzene ring substituents is 1. The standard InChI is InChI=1S/C14H15BrN2O3/c1-2-3-4-5-12-13(15)14(18)10-8-9(17(19)20)6-7-11(10)16-12/h6-8H,2-5H2,1H3,(H,16,18). The molecule has 1 N–H and O–H groups in total. The molecule has 1 aromatic heterocycles. The molecule has 0 radical (unpaired) electrons.